The quantitative estimate of drug-likeness (QED) is 0.778. The Kier molecular flexibility index (Phi) is 6.36. The fourth-order valence-corrected chi connectivity index (χ4v) is 3.75. The van der Waals surface area contributed by atoms with E-state index >= 15 is 0 Å². The summed E-state index contributed by atoms with van der Waals surface area (Å²) in [6.07, 6.45) is 0.217. The highest BCUT2D eigenvalue weighted by Crippen LogP contribution is 2.25. The lowest BCUT2D eigenvalue weighted by molar-refractivity contribution is -0.123. The van der Waals surface area contributed by atoms with E-state index in [-0.39, 0.29) is 30.3 Å². The topological polar surface area (TPSA) is 58.2 Å². The molecule has 1 aromatic carbocycles. The molecule has 2 amide bonds. The molecule has 0 radical (unpaired) electrons. The maximum atomic E-state index is 12.4. The Balaban J connectivity index is 2.02. The number of nitrogens with one attached hydrogen (secondary N) is 2. The maximum absolute atomic E-state index is 12.4. The van der Waals surface area contributed by atoms with Crippen LogP contribution in [0.4, 0.5) is 0 Å². The smallest absolute Gasteiger partial charge is 0.222 e. The Morgan fingerprint density at radius 2 is 1.91 bits per heavy atom. The van der Waals surface area contributed by atoms with Crippen molar-refractivity contribution in [2.75, 3.05) is 0 Å². The third-order valence-corrected chi connectivity index (χ3v) is 5.11. The van der Waals surface area contributed by atoms with E-state index in [9.17, 15) is 9.59 Å². The summed E-state index contributed by atoms with van der Waals surface area (Å²) in [4.78, 5) is 24.7. The summed E-state index contributed by atoms with van der Waals surface area (Å²) in [5.41, 5.74) is 1.02. The zero-order valence-corrected chi connectivity index (χ0v) is 15.4. The molecule has 4 nitrogen and oxygen atoms in total. The molecular weight excluding hydrogens is 376 g/mol. The minimum absolute atomic E-state index is 0.0968. The van der Waals surface area contributed by atoms with Crippen LogP contribution in [0.15, 0.2) is 46.3 Å². The van der Waals surface area contributed by atoms with Gasteiger partial charge in [-0.15, -0.1) is 11.3 Å². The van der Waals surface area contributed by atoms with Crippen LogP contribution in [-0.2, 0) is 9.59 Å². The molecule has 2 atom stereocenters. The van der Waals surface area contributed by atoms with Gasteiger partial charge >= 0.3 is 0 Å². The first-order chi connectivity index (χ1) is 11.0. The van der Waals surface area contributed by atoms with Crippen molar-refractivity contribution in [3.05, 3.63) is 56.7 Å². The molecule has 23 heavy (non-hydrogen) atoms. The maximum Gasteiger partial charge on any atom is 0.222 e. The summed E-state index contributed by atoms with van der Waals surface area (Å²) in [5, 5.41) is 7.76. The van der Waals surface area contributed by atoms with E-state index in [0.29, 0.717) is 0 Å². The van der Waals surface area contributed by atoms with E-state index in [1.807, 2.05) is 48.7 Å². The Morgan fingerprint density at radius 1 is 1.17 bits per heavy atom. The molecular formula is C17H19BrN2O2S. The third kappa shape index (κ3) is 5.18. The summed E-state index contributed by atoms with van der Waals surface area (Å²) in [6, 6.07) is 11.2. The van der Waals surface area contributed by atoms with Crippen molar-refractivity contribution in [1.29, 1.82) is 0 Å². The van der Waals surface area contributed by atoms with Crippen LogP contribution in [0.2, 0.25) is 0 Å². The normalized spacial score (nSPS) is 13.2. The predicted octanol–water partition coefficient (Wildman–Crippen LogP) is 3.96. The SMILES string of the molecule is CC(=O)NC(CC(=O)NC(C)c1ccccc1Br)c1cccs1. The van der Waals surface area contributed by atoms with E-state index in [2.05, 4.69) is 26.6 Å². The molecule has 0 saturated carbocycles. The standard InChI is InChI=1S/C17H19BrN2O2S/c1-11(13-6-3-4-7-14(13)18)19-17(22)10-15(20-12(2)21)16-8-5-9-23-16/h3-9,11,15H,10H2,1-2H3,(H,19,22)(H,20,21). The number of benzene rings is 1. The number of carbonyl (C=O) groups excluding carboxylic acids is 2. The number of halogens is 1. The van der Waals surface area contributed by atoms with Gasteiger partial charge in [-0.2, -0.15) is 0 Å². The number of carbonyl (C=O) groups is 2. The van der Waals surface area contributed by atoms with Gasteiger partial charge in [-0.3, -0.25) is 9.59 Å². The largest absolute Gasteiger partial charge is 0.349 e. The van der Waals surface area contributed by atoms with E-state index in [4.69, 9.17) is 0 Å². The number of thiophene rings is 1. The van der Waals surface area contributed by atoms with Gasteiger partial charge in [0.1, 0.15) is 0 Å². The summed E-state index contributed by atoms with van der Waals surface area (Å²) in [5.74, 6) is -0.240. The van der Waals surface area contributed by atoms with E-state index in [1.165, 1.54) is 18.3 Å². The molecule has 0 bridgehead atoms. The second-order valence-electron chi connectivity index (χ2n) is 5.28. The van der Waals surface area contributed by atoms with Crippen LogP contribution in [0, 0.1) is 0 Å². The lowest BCUT2D eigenvalue weighted by Gasteiger charge is -2.19. The van der Waals surface area contributed by atoms with Gasteiger partial charge in [-0.1, -0.05) is 40.2 Å². The molecule has 0 aliphatic rings. The van der Waals surface area contributed by atoms with Gasteiger partial charge in [0.15, 0.2) is 0 Å². The Bertz CT molecular complexity index is 673. The number of rotatable bonds is 6. The predicted molar refractivity (Wildman–Crippen MR) is 96.2 cm³/mol. The molecule has 2 aromatic rings. The van der Waals surface area contributed by atoms with Crippen molar-refractivity contribution in [1.82, 2.24) is 10.6 Å². The molecule has 0 aliphatic carbocycles. The highest BCUT2D eigenvalue weighted by molar-refractivity contribution is 9.10. The third-order valence-electron chi connectivity index (χ3n) is 3.40. The second-order valence-corrected chi connectivity index (χ2v) is 7.12. The van der Waals surface area contributed by atoms with Crippen molar-refractivity contribution >= 4 is 39.1 Å². The lowest BCUT2D eigenvalue weighted by atomic mass is 10.1. The van der Waals surface area contributed by atoms with Crippen LogP contribution >= 0.6 is 27.3 Å². The molecule has 122 valence electrons. The van der Waals surface area contributed by atoms with Crippen molar-refractivity contribution in [2.45, 2.75) is 32.4 Å². The van der Waals surface area contributed by atoms with E-state index in [1.54, 1.807) is 0 Å². The minimum Gasteiger partial charge on any atom is -0.349 e. The molecule has 1 heterocycles. The lowest BCUT2D eigenvalue weighted by Crippen LogP contribution is -2.33. The minimum atomic E-state index is -0.293. The van der Waals surface area contributed by atoms with Crippen molar-refractivity contribution in [3.63, 3.8) is 0 Å². The Hall–Kier alpha value is -1.66. The first-order valence-corrected chi connectivity index (χ1v) is 8.99. The molecule has 0 aliphatic heterocycles. The van der Waals surface area contributed by atoms with Gasteiger partial charge in [0.25, 0.3) is 0 Å². The fourth-order valence-electron chi connectivity index (χ4n) is 2.35. The molecule has 0 fully saturated rings. The van der Waals surface area contributed by atoms with Crippen LogP contribution in [-0.4, -0.2) is 11.8 Å². The van der Waals surface area contributed by atoms with Gasteiger partial charge in [0.05, 0.1) is 18.5 Å². The van der Waals surface area contributed by atoms with E-state index < -0.39 is 0 Å². The molecule has 0 saturated heterocycles. The first kappa shape index (κ1) is 17.7. The summed E-state index contributed by atoms with van der Waals surface area (Å²) < 4.78 is 0.962. The van der Waals surface area contributed by atoms with Crippen molar-refractivity contribution in [2.24, 2.45) is 0 Å². The van der Waals surface area contributed by atoms with Gasteiger partial charge in [0.2, 0.25) is 11.8 Å². The van der Waals surface area contributed by atoms with Crippen molar-refractivity contribution in [3.8, 4) is 0 Å². The van der Waals surface area contributed by atoms with Crippen LogP contribution in [0.5, 0.6) is 0 Å². The van der Waals surface area contributed by atoms with Gasteiger partial charge in [-0.25, -0.2) is 0 Å². The highest BCUT2D eigenvalue weighted by atomic mass is 79.9. The monoisotopic (exact) mass is 394 g/mol. The summed E-state index contributed by atoms with van der Waals surface area (Å²) >= 11 is 5.03. The van der Waals surface area contributed by atoms with E-state index in [0.717, 1.165) is 14.9 Å². The number of hydrogen-bond donors (Lipinski definition) is 2. The molecule has 2 rings (SSSR count). The van der Waals surface area contributed by atoms with Crippen molar-refractivity contribution < 1.29 is 9.59 Å². The van der Waals surface area contributed by atoms with Crippen LogP contribution < -0.4 is 10.6 Å². The molecule has 2 N–H and O–H groups in total. The number of hydrogen-bond acceptors (Lipinski definition) is 3. The first-order valence-electron chi connectivity index (χ1n) is 7.31. The summed E-state index contributed by atoms with van der Waals surface area (Å²) in [7, 11) is 0. The summed E-state index contributed by atoms with van der Waals surface area (Å²) in [6.45, 7) is 3.40. The number of amides is 2. The fraction of sp³-hybridized carbons (Fsp3) is 0.294. The van der Waals surface area contributed by atoms with Crippen LogP contribution in [0.25, 0.3) is 0 Å². The molecule has 2 unspecified atom stereocenters. The molecule has 6 heteroatoms. The molecule has 1 aromatic heterocycles. The van der Waals surface area contributed by atoms with Crippen LogP contribution in [0.1, 0.15) is 42.8 Å². The molecule has 0 spiro atoms. The average molecular weight is 395 g/mol. The van der Waals surface area contributed by atoms with Gasteiger partial charge < -0.3 is 10.6 Å². The van der Waals surface area contributed by atoms with Gasteiger partial charge in [0, 0.05) is 16.3 Å². The highest BCUT2D eigenvalue weighted by Gasteiger charge is 2.20. The Labute approximate surface area is 148 Å². The van der Waals surface area contributed by atoms with Crippen LogP contribution in [0.3, 0.4) is 0 Å². The second kappa shape index (κ2) is 8.26. The van der Waals surface area contributed by atoms with Gasteiger partial charge in [-0.05, 0) is 30.0 Å². The Morgan fingerprint density at radius 3 is 2.52 bits per heavy atom. The zero-order chi connectivity index (χ0) is 16.8. The average Bonchev–Trinajstić information content (AvgIpc) is 3.00. The zero-order valence-electron chi connectivity index (χ0n) is 13.0.